The van der Waals surface area contributed by atoms with Crippen LogP contribution in [0.2, 0.25) is 5.02 Å². The highest BCUT2D eigenvalue weighted by Gasteiger charge is 2.23. The Morgan fingerprint density at radius 2 is 1.86 bits per heavy atom. The standard InChI is InChI=1S/C27H35ClN2O5/c1-20-17-23(33-2)26(28)22-18-21(29-35-19-24(31)30-14-10-8-11-15-30)13-9-6-4-3-5-7-12-16-34-27(32)25(20)22/h3,5,9,13,17H,4,6-8,10-12,14-16,18-19H2,1-2H3/b5-3+,13-9+,29-21+. The lowest BCUT2D eigenvalue weighted by Crippen LogP contribution is -2.37. The van der Waals surface area contributed by atoms with E-state index in [-0.39, 0.29) is 18.9 Å². The van der Waals surface area contributed by atoms with Crippen LogP contribution in [-0.4, -0.2) is 55.9 Å². The summed E-state index contributed by atoms with van der Waals surface area (Å²) in [6.45, 7) is 3.55. The van der Waals surface area contributed by atoms with E-state index in [9.17, 15) is 9.59 Å². The van der Waals surface area contributed by atoms with Crippen LogP contribution in [0.25, 0.3) is 0 Å². The highest BCUT2D eigenvalue weighted by Crippen LogP contribution is 2.34. The number of carbonyl (C=O) groups is 2. The fourth-order valence-electron chi connectivity index (χ4n) is 4.22. The van der Waals surface area contributed by atoms with Crippen LogP contribution in [0.1, 0.15) is 66.4 Å². The molecule has 0 atom stereocenters. The zero-order chi connectivity index (χ0) is 25.0. The Kier molecular flexibility index (Phi) is 10.7. The number of rotatable bonds is 4. The summed E-state index contributed by atoms with van der Waals surface area (Å²) in [5.74, 6) is -0.0207. The number of ether oxygens (including phenoxy) is 2. The zero-order valence-electron chi connectivity index (χ0n) is 20.7. The molecule has 0 unspecified atom stereocenters. The van der Waals surface area contributed by atoms with Crippen molar-refractivity contribution in [1.29, 1.82) is 0 Å². The van der Waals surface area contributed by atoms with Crippen molar-refractivity contribution >= 4 is 29.2 Å². The number of carbonyl (C=O) groups excluding carboxylic acids is 2. The largest absolute Gasteiger partial charge is 0.495 e. The number of oxime groups is 1. The molecule has 0 saturated carbocycles. The Balaban J connectivity index is 1.89. The van der Waals surface area contributed by atoms with E-state index in [1.807, 2.05) is 24.0 Å². The number of allylic oxidation sites excluding steroid dienone is 4. The number of benzene rings is 1. The third-order valence-corrected chi connectivity index (χ3v) is 6.53. The Morgan fingerprint density at radius 1 is 1.11 bits per heavy atom. The minimum atomic E-state index is -0.426. The number of piperidine rings is 1. The average Bonchev–Trinajstić information content (AvgIpc) is 2.87. The van der Waals surface area contributed by atoms with Crippen LogP contribution in [0.5, 0.6) is 5.75 Å². The van der Waals surface area contributed by atoms with Gasteiger partial charge in [0, 0.05) is 19.5 Å². The van der Waals surface area contributed by atoms with Crippen molar-refractivity contribution < 1.29 is 23.9 Å². The van der Waals surface area contributed by atoms with Gasteiger partial charge in [0.25, 0.3) is 5.91 Å². The lowest BCUT2D eigenvalue weighted by molar-refractivity contribution is -0.137. The fourth-order valence-corrected chi connectivity index (χ4v) is 4.51. The molecule has 2 heterocycles. The van der Waals surface area contributed by atoms with Crippen LogP contribution in [0.4, 0.5) is 0 Å². The molecule has 0 N–H and O–H groups in total. The summed E-state index contributed by atoms with van der Waals surface area (Å²) in [5, 5.41) is 4.60. The van der Waals surface area contributed by atoms with Gasteiger partial charge in [-0.25, -0.2) is 4.79 Å². The molecule has 2 aliphatic rings. The Labute approximate surface area is 212 Å². The molecule has 190 valence electrons. The summed E-state index contributed by atoms with van der Waals surface area (Å²) in [7, 11) is 1.54. The Morgan fingerprint density at radius 3 is 2.63 bits per heavy atom. The summed E-state index contributed by atoms with van der Waals surface area (Å²) in [4.78, 5) is 32.8. The third kappa shape index (κ3) is 7.85. The minimum absolute atomic E-state index is 0.0696. The quantitative estimate of drug-likeness (QED) is 0.312. The monoisotopic (exact) mass is 502 g/mol. The number of likely N-dealkylation sites (tertiary alicyclic amines) is 1. The average molecular weight is 503 g/mol. The van der Waals surface area contributed by atoms with Gasteiger partial charge >= 0.3 is 5.97 Å². The number of cyclic esters (lactones) is 1. The van der Waals surface area contributed by atoms with E-state index in [1.165, 1.54) is 7.11 Å². The molecule has 2 aliphatic heterocycles. The Bertz CT molecular complexity index is 980. The van der Waals surface area contributed by atoms with Gasteiger partial charge in [-0.05, 0) is 75.1 Å². The summed E-state index contributed by atoms with van der Waals surface area (Å²) in [6, 6.07) is 1.74. The molecule has 0 bridgehead atoms. The van der Waals surface area contributed by atoms with Crippen LogP contribution in [0.3, 0.4) is 0 Å². The molecule has 0 spiro atoms. The molecule has 1 amide bonds. The van der Waals surface area contributed by atoms with E-state index in [4.69, 9.17) is 25.9 Å². The van der Waals surface area contributed by atoms with Gasteiger partial charge in [-0.3, -0.25) is 4.79 Å². The van der Waals surface area contributed by atoms with Gasteiger partial charge in [0.15, 0.2) is 6.61 Å². The van der Waals surface area contributed by atoms with E-state index < -0.39 is 5.97 Å². The molecule has 1 aromatic carbocycles. The molecule has 1 fully saturated rings. The zero-order valence-corrected chi connectivity index (χ0v) is 21.4. The number of amides is 1. The van der Waals surface area contributed by atoms with E-state index >= 15 is 0 Å². The van der Waals surface area contributed by atoms with Crippen molar-refractivity contribution in [3.05, 3.63) is 52.1 Å². The van der Waals surface area contributed by atoms with E-state index in [0.29, 0.717) is 39.8 Å². The molecular weight excluding hydrogens is 468 g/mol. The van der Waals surface area contributed by atoms with Gasteiger partial charge in [-0.2, -0.15) is 0 Å². The van der Waals surface area contributed by atoms with E-state index in [1.54, 1.807) is 6.07 Å². The van der Waals surface area contributed by atoms with Crippen molar-refractivity contribution in [1.82, 2.24) is 4.90 Å². The predicted octanol–water partition coefficient (Wildman–Crippen LogP) is 5.43. The maximum atomic E-state index is 13.0. The number of fused-ring (bicyclic) bond motifs is 1. The van der Waals surface area contributed by atoms with Crippen LogP contribution >= 0.6 is 11.6 Å². The van der Waals surface area contributed by atoms with Gasteiger partial charge in [0.05, 0.1) is 30.0 Å². The molecule has 35 heavy (non-hydrogen) atoms. The van der Waals surface area contributed by atoms with Gasteiger partial charge in [0.1, 0.15) is 5.75 Å². The maximum absolute atomic E-state index is 13.0. The highest BCUT2D eigenvalue weighted by molar-refractivity contribution is 6.33. The first-order chi connectivity index (χ1) is 17.0. The first kappa shape index (κ1) is 26.8. The van der Waals surface area contributed by atoms with Crippen LogP contribution in [0.15, 0.2) is 35.5 Å². The summed E-state index contributed by atoms with van der Waals surface area (Å²) < 4.78 is 11.0. The van der Waals surface area contributed by atoms with Gasteiger partial charge in [-0.15, -0.1) is 0 Å². The minimum Gasteiger partial charge on any atom is -0.495 e. The molecule has 8 heteroatoms. The van der Waals surface area contributed by atoms with E-state index in [2.05, 4.69) is 17.3 Å². The van der Waals surface area contributed by atoms with Crippen molar-refractivity contribution in [2.24, 2.45) is 5.16 Å². The predicted molar refractivity (Wildman–Crippen MR) is 137 cm³/mol. The van der Waals surface area contributed by atoms with Gasteiger partial charge in [0.2, 0.25) is 0 Å². The Hall–Kier alpha value is -2.80. The van der Waals surface area contributed by atoms with Crippen molar-refractivity contribution in [2.75, 3.05) is 33.4 Å². The normalized spacial score (nSPS) is 20.7. The van der Waals surface area contributed by atoms with Crippen LogP contribution in [-0.2, 0) is 20.8 Å². The summed E-state index contributed by atoms with van der Waals surface area (Å²) in [6.07, 6.45) is 14.8. The molecule has 0 aliphatic carbocycles. The number of nitrogens with zero attached hydrogens (tertiary/aromatic N) is 2. The van der Waals surface area contributed by atoms with Crippen LogP contribution < -0.4 is 4.74 Å². The van der Waals surface area contributed by atoms with E-state index in [0.717, 1.165) is 58.0 Å². The van der Waals surface area contributed by atoms with Crippen molar-refractivity contribution in [3.63, 3.8) is 0 Å². The topological polar surface area (TPSA) is 77.4 Å². The lowest BCUT2D eigenvalue weighted by atomic mass is 9.96. The number of esters is 1. The van der Waals surface area contributed by atoms with Crippen molar-refractivity contribution in [2.45, 2.75) is 58.3 Å². The first-order valence-electron chi connectivity index (χ1n) is 12.3. The number of halogens is 1. The van der Waals surface area contributed by atoms with Crippen LogP contribution in [0, 0.1) is 6.92 Å². The molecular formula is C27H35ClN2O5. The second kappa shape index (κ2) is 13.9. The number of hydrogen-bond donors (Lipinski definition) is 0. The van der Waals surface area contributed by atoms with Gasteiger partial charge in [-0.1, -0.05) is 35.0 Å². The maximum Gasteiger partial charge on any atom is 0.338 e. The molecule has 0 radical (unpaired) electrons. The SMILES string of the molecule is COc1cc(C)c2c(c1Cl)CC(=N/OCC(=O)N1CCCCC1)/C=C/CC/C=C/CCCOC2=O. The molecule has 0 aromatic heterocycles. The number of hydrogen-bond acceptors (Lipinski definition) is 6. The molecule has 7 nitrogen and oxygen atoms in total. The summed E-state index contributed by atoms with van der Waals surface area (Å²) >= 11 is 6.67. The highest BCUT2D eigenvalue weighted by atomic mass is 35.5. The second-order valence-electron chi connectivity index (χ2n) is 8.77. The number of aryl methyl sites for hydroxylation is 1. The molecule has 3 rings (SSSR count). The molecule has 1 saturated heterocycles. The summed E-state index contributed by atoms with van der Waals surface area (Å²) in [5.41, 5.74) is 2.24. The molecule has 1 aromatic rings. The lowest BCUT2D eigenvalue weighted by Gasteiger charge is -2.26. The third-order valence-electron chi connectivity index (χ3n) is 6.11. The fraction of sp³-hybridized carbons (Fsp3) is 0.519. The first-order valence-corrected chi connectivity index (χ1v) is 12.7. The second-order valence-corrected chi connectivity index (χ2v) is 9.14. The van der Waals surface area contributed by atoms with Gasteiger partial charge < -0.3 is 19.2 Å². The van der Waals surface area contributed by atoms with Crippen molar-refractivity contribution in [3.8, 4) is 5.75 Å². The number of methoxy groups -OCH3 is 1. The smallest absolute Gasteiger partial charge is 0.338 e.